The second-order valence-electron chi connectivity index (χ2n) is 22.2. The summed E-state index contributed by atoms with van der Waals surface area (Å²) >= 11 is 43.2. The molecule has 0 aromatic heterocycles. The Balaban J connectivity index is 0.000000258. The van der Waals surface area contributed by atoms with Crippen molar-refractivity contribution >= 4 is 497 Å². The van der Waals surface area contributed by atoms with E-state index in [-0.39, 0.29) is 117 Å². The fourth-order valence-electron chi connectivity index (χ4n) is 9.65. The zero-order chi connectivity index (χ0) is 83.2. The van der Waals surface area contributed by atoms with E-state index in [1.54, 1.807) is 88.5 Å². The number of hydrogen-bond donors (Lipinski definition) is 18. The predicted molar refractivity (Wildman–Crippen MR) is 593 cm³/mol. The van der Waals surface area contributed by atoms with E-state index in [1.165, 1.54) is 6.92 Å². The molecule has 0 bridgehead atoms. The van der Waals surface area contributed by atoms with Crippen molar-refractivity contribution in [2.24, 2.45) is 0 Å². The molecular formula is C64H50I22O22. The van der Waals surface area contributed by atoms with Crippen molar-refractivity contribution in [2.45, 2.75) is 104 Å². The van der Waals surface area contributed by atoms with Crippen LogP contribution in [0.3, 0.4) is 0 Å². The first-order chi connectivity index (χ1) is 49.6. The van der Waals surface area contributed by atoms with Crippen LogP contribution in [0.2, 0.25) is 0 Å². The van der Waals surface area contributed by atoms with Gasteiger partial charge in [-0.05, 0) is 552 Å². The molecule has 0 aliphatic heterocycles. The Bertz CT molecular complexity index is 4490. The summed E-state index contributed by atoms with van der Waals surface area (Å²) in [5.74, 6) is -0.200. The second kappa shape index (κ2) is 44.8. The summed E-state index contributed by atoms with van der Waals surface area (Å²) in [5, 5.41) is 185. The number of aliphatic hydroxyl groups is 3. The van der Waals surface area contributed by atoms with Gasteiger partial charge < -0.3 is 111 Å². The monoisotopic (exact) mass is 3960 g/mol. The second-order valence-corrected chi connectivity index (χ2v) is 45.9. The van der Waals surface area contributed by atoms with Gasteiger partial charge >= 0.3 is 0 Å². The van der Waals surface area contributed by atoms with Crippen molar-refractivity contribution in [3.63, 3.8) is 0 Å². The van der Waals surface area contributed by atoms with E-state index >= 15 is 0 Å². The van der Waals surface area contributed by atoms with Crippen molar-refractivity contribution in [2.75, 3.05) is 0 Å². The molecule has 592 valence electrons. The van der Waals surface area contributed by atoms with Gasteiger partial charge in [-0.3, -0.25) is 0 Å². The molecule has 108 heavy (non-hydrogen) atoms. The highest BCUT2D eigenvalue weighted by Gasteiger charge is 2.35. The topological polar surface area (TPSA) is 401 Å². The highest BCUT2D eigenvalue weighted by atomic mass is 127. The molecule has 8 rings (SSSR count). The Labute approximate surface area is 918 Å². The van der Waals surface area contributed by atoms with Crippen LogP contribution in [0.5, 0.6) is 103 Å². The quantitative estimate of drug-likeness (QED) is 0.0400. The van der Waals surface area contributed by atoms with Gasteiger partial charge in [0.25, 0.3) is 0 Å². The molecule has 0 aliphatic carbocycles. The molecule has 8 unspecified atom stereocenters. The summed E-state index contributed by atoms with van der Waals surface area (Å²) in [7, 11) is 0. The first-order valence-corrected chi connectivity index (χ1v) is 52.7. The molecule has 8 aromatic rings. The van der Waals surface area contributed by atoms with Crippen LogP contribution in [-0.4, -0.2) is 91.9 Å². The van der Waals surface area contributed by atoms with Crippen molar-refractivity contribution in [1.29, 1.82) is 0 Å². The highest BCUT2D eigenvalue weighted by molar-refractivity contribution is 14.1. The third-order valence-electron chi connectivity index (χ3n) is 15.0. The lowest BCUT2D eigenvalue weighted by Crippen LogP contribution is -2.12. The predicted octanol–water partition coefficient (Wildman–Crippen LogP) is 25.1. The van der Waals surface area contributed by atoms with Crippen molar-refractivity contribution in [1.82, 2.24) is 0 Å². The van der Waals surface area contributed by atoms with Crippen LogP contribution in [0.15, 0.2) is 0 Å². The van der Waals surface area contributed by atoms with Gasteiger partial charge in [-0.15, -0.1) is 0 Å². The Morgan fingerprint density at radius 2 is 0.324 bits per heavy atom. The smallest absolute Gasteiger partial charge is 0.151 e. The van der Waals surface area contributed by atoms with Crippen molar-refractivity contribution in [3.8, 4) is 103 Å². The van der Waals surface area contributed by atoms with Gasteiger partial charge in [-0.1, -0.05) is 0 Å². The van der Waals surface area contributed by atoms with Crippen LogP contribution in [0, 0.1) is 78.5 Å². The minimum absolute atomic E-state index is 0.0130. The molecule has 0 fully saturated rings. The fraction of sp³-hybridized carbons (Fsp3) is 0.250. The van der Waals surface area contributed by atoms with Gasteiger partial charge in [0, 0.05) is 33.4 Å². The normalized spacial score (nSPS) is 13.5. The molecule has 0 spiro atoms. The van der Waals surface area contributed by atoms with Crippen LogP contribution < -0.4 is 14.2 Å². The number of benzene rings is 8. The van der Waals surface area contributed by atoms with E-state index in [4.69, 9.17) is 18.9 Å². The zero-order valence-corrected chi connectivity index (χ0v) is 102. The molecule has 0 amide bonds. The molecule has 0 aliphatic rings. The fourth-order valence-corrected chi connectivity index (χ4v) is 37.9. The van der Waals surface area contributed by atoms with E-state index in [0.717, 1.165) is 0 Å². The number of halogens is 22. The minimum atomic E-state index is -1.10. The van der Waals surface area contributed by atoms with Crippen LogP contribution in [0.1, 0.15) is 149 Å². The Morgan fingerprint density at radius 1 is 0.167 bits per heavy atom. The van der Waals surface area contributed by atoms with E-state index in [9.17, 15) is 91.9 Å². The number of aliphatic hydroxyl groups excluding tert-OH is 3. The van der Waals surface area contributed by atoms with Gasteiger partial charge in [0.2, 0.25) is 0 Å². The molecule has 0 heterocycles. The number of ether oxygens (including phenoxy) is 4. The molecule has 18 N–H and O–H groups in total. The number of aromatic hydroxyl groups is 15. The first-order valence-electron chi connectivity index (χ1n) is 29.0. The maximum atomic E-state index is 10.5. The summed E-state index contributed by atoms with van der Waals surface area (Å²) in [5.41, 5.74) is 4.04. The van der Waals surface area contributed by atoms with Gasteiger partial charge in [-0.2, -0.15) is 0 Å². The lowest BCUT2D eigenvalue weighted by atomic mass is 10.1. The summed E-state index contributed by atoms with van der Waals surface area (Å²) in [4.78, 5) is 0. The van der Waals surface area contributed by atoms with Crippen LogP contribution >= 0.6 is 497 Å². The van der Waals surface area contributed by atoms with Gasteiger partial charge in [0.05, 0.1) is 120 Å². The third kappa shape index (κ3) is 22.8. The van der Waals surface area contributed by atoms with E-state index in [0.29, 0.717) is 109 Å². The third-order valence-corrected chi connectivity index (χ3v) is 38.3. The highest BCUT2D eigenvalue weighted by Crippen LogP contribution is 2.55. The average Bonchev–Trinajstić information content (AvgIpc) is 0.777. The lowest BCUT2D eigenvalue weighted by molar-refractivity contribution is 0.00359. The lowest BCUT2D eigenvalue weighted by Gasteiger charge is -2.25. The Hall–Kier alpha value is 6.06. The largest absolute Gasteiger partial charge is 0.506 e. The van der Waals surface area contributed by atoms with Gasteiger partial charge in [0.15, 0.2) is 11.5 Å². The number of rotatable bonds is 16. The maximum Gasteiger partial charge on any atom is 0.151 e. The SMILES string of the molecule is CC(O)c1c(I)c(O)c(I)c(OC(C)c2c(I)c(O)c(I)c(O)c2I)c1I.CC(O)c1c(I)c(O)c(I)c(OC(C)c2c(I)c(O)c(I)c(O)c2I)c1I.CC(O)c1c(O)c(I)c(O)c(I)c1OC(C)c1c(O)c(I)c(O)c(I)c1O.CC(OC(C)c1c(I)c(O)c(I)c(O)c1I)c1c(I)c(O)c(I)c(O)c1I. The van der Waals surface area contributed by atoms with Gasteiger partial charge in [-0.25, -0.2) is 0 Å². The molecule has 22 nitrogen and oxygen atoms in total. The van der Waals surface area contributed by atoms with E-state index in [1.807, 2.05) is 412 Å². The zero-order valence-electron chi connectivity index (χ0n) is 54.6. The van der Waals surface area contributed by atoms with E-state index < -0.39 is 48.8 Å². The van der Waals surface area contributed by atoms with Crippen molar-refractivity contribution in [3.05, 3.63) is 123 Å². The summed E-state index contributed by atoms with van der Waals surface area (Å²) in [6, 6.07) is 0. The Kier molecular flexibility index (Phi) is 43.4. The van der Waals surface area contributed by atoms with E-state index in [2.05, 4.69) is 45.2 Å². The van der Waals surface area contributed by atoms with Crippen LogP contribution in [0.4, 0.5) is 0 Å². The summed E-state index contributed by atoms with van der Waals surface area (Å²) < 4.78 is 35.3. The summed E-state index contributed by atoms with van der Waals surface area (Å²) in [6.07, 6.45) is -5.48. The van der Waals surface area contributed by atoms with Crippen molar-refractivity contribution < 1.29 is 111 Å². The molecule has 44 heteroatoms. The molecule has 0 saturated carbocycles. The standard InChI is InChI=1S/3C16H12I6O5.C16H14I4O7/c2*1-3(23)5-7(17)15(26)12(22)16(10(5)20)27-4(2)6-8(18)13(24)11(21)14(25)9(6)19;1-3(5-7(17)13(23)11(21)14(24)8(5)18)27-4(2)6-9(19)15(25)12(22)16(26)10(6)20;1-3(21)5-11(22)7(17)15(26)10(20)16(5)27-4(2)6-12(23)8(18)14(25)9(19)13(6)24/h3*3-4,23-26H,1-2H3;3-4,21-26H,1-2H3. The number of hydrogen-bond acceptors (Lipinski definition) is 22. The van der Waals surface area contributed by atoms with Crippen LogP contribution in [-0.2, 0) is 4.74 Å². The Morgan fingerprint density at radius 3 is 0.565 bits per heavy atom. The number of phenolic OH excluding ortho intramolecular Hbond substituents is 15. The van der Waals surface area contributed by atoms with Crippen LogP contribution in [0.25, 0.3) is 0 Å². The maximum absolute atomic E-state index is 10.5. The minimum Gasteiger partial charge on any atom is -0.506 e. The first kappa shape index (κ1) is 105. The molecular weight excluding hydrogens is 3910 g/mol. The molecule has 0 saturated heterocycles. The summed E-state index contributed by atoms with van der Waals surface area (Å²) in [6.45, 7) is 13.6. The molecule has 8 aromatic carbocycles. The number of phenols is 15. The molecule has 0 radical (unpaired) electrons. The van der Waals surface area contributed by atoms with Gasteiger partial charge in [0.1, 0.15) is 110 Å². The average molecular weight is 3960 g/mol. The molecule has 8 atom stereocenters.